The van der Waals surface area contributed by atoms with E-state index < -0.39 is 0 Å². The molecule has 0 saturated carbocycles. The quantitative estimate of drug-likeness (QED) is 0.776. The zero-order chi connectivity index (χ0) is 14.1. The lowest BCUT2D eigenvalue weighted by Crippen LogP contribution is -2.10. The molecule has 0 bridgehead atoms. The maximum Gasteiger partial charge on any atom is 0.259 e. The van der Waals surface area contributed by atoms with E-state index in [4.69, 9.17) is 4.74 Å². The van der Waals surface area contributed by atoms with Crippen LogP contribution in [0.15, 0.2) is 47.3 Å². The Balaban J connectivity index is 2.28. The van der Waals surface area contributed by atoms with Gasteiger partial charge in [0.2, 0.25) is 0 Å². The van der Waals surface area contributed by atoms with Crippen LogP contribution >= 0.6 is 0 Å². The summed E-state index contributed by atoms with van der Waals surface area (Å²) >= 11 is 0. The molecule has 3 aromatic rings. The summed E-state index contributed by atoms with van der Waals surface area (Å²) in [5.41, 5.74) is 2.45. The molecule has 0 radical (unpaired) electrons. The topological polar surface area (TPSA) is 55.0 Å². The van der Waals surface area contributed by atoms with Crippen LogP contribution in [-0.2, 0) is 0 Å². The molecule has 0 aliphatic heterocycles. The van der Waals surface area contributed by atoms with Crippen LogP contribution in [0.3, 0.4) is 0 Å². The lowest BCUT2D eigenvalue weighted by atomic mass is 10.1. The molecule has 1 heterocycles. The fourth-order valence-corrected chi connectivity index (χ4v) is 2.15. The van der Waals surface area contributed by atoms with E-state index in [0.717, 1.165) is 11.1 Å². The molecular formula is C16H14N2O2. The highest BCUT2D eigenvalue weighted by atomic mass is 16.5. The molecular weight excluding hydrogens is 252 g/mol. The Kier molecular flexibility index (Phi) is 2.99. The van der Waals surface area contributed by atoms with Gasteiger partial charge in [-0.1, -0.05) is 35.9 Å². The van der Waals surface area contributed by atoms with Gasteiger partial charge in [-0.25, -0.2) is 4.98 Å². The van der Waals surface area contributed by atoms with Gasteiger partial charge in [-0.2, -0.15) is 0 Å². The molecule has 0 amide bonds. The largest absolute Gasteiger partial charge is 0.494 e. The van der Waals surface area contributed by atoms with Crippen molar-refractivity contribution in [2.45, 2.75) is 6.92 Å². The van der Waals surface area contributed by atoms with Gasteiger partial charge in [0.05, 0.1) is 12.5 Å². The molecule has 4 nitrogen and oxygen atoms in total. The van der Waals surface area contributed by atoms with E-state index in [-0.39, 0.29) is 5.56 Å². The number of hydrogen-bond acceptors (Lipinski definition) is 3. The lowest BCUT2D eigenvalue weighted by Gasteiger charge is -2.07. The maximum absolute atomic E-state index is 12.2. The molecule has 100 valence electrons. The first-order valence-electron chi connectivity index (χ1n) is 6.33. The van der Waals surface area contributed by atoms with Crippen molar-refractivity contribution in [2.75, 3.05) is 7.11 Å². The summed E-state index contributed by atoms with van der Waals surface area (Å²) in [6.07, 6.45) is 0. The van der Waals surface area contributed by atoms with Gasteiger partial charge in [0.15, 0.2) is 0 Å². The summed E-state index contributed by atoms with van der Waals surface area (Å²) in [4.78, 5) is 19.5. The van der Waals surface area contributed by atoms with Crippen LogP contribution in [0.1, 0.15) is 5.56 Å². The van der Waals surface area contributed by atoms with E-state index in [2.05, 4.69) is 9.97 Å². The van der Waals surface area contributed by atoms with Gasteiger partial charge in [-0.15, -0.1) is 0 Å². The minimum Gasteiger partial charge on any atom is -0.494 e. The van der Waals surface area contributed by atoms with Crippen molar-refractivity contribution in [2.24, 2.45) is 0 Å². The van der Waals surface area contributed by atoms with Gasteiger partial charge < -0.3 is 9.72 Å². The van der Waals surface area contributed by atoms with Crippen molar-refractivity contribution in [3.8, 4) is 17.1 Å². The molecule has 1 aromatic heterocycles. The van der Waals surface area contributed by atoms with Crippen molar-refractivity contribution in [1.29, 1.82) is 0 Å². The monoisotopic (exact) mass is 266 g/mol. The van der Waals surface area contributed by atoms with Crippen molar-refractivity contribution >= 4 is 10.9 Å². The third-order valence-corrected chi connectivity index (χ3v) is 3.24. The van der Waals surface area contributed by atoms with Crippen LogP contribution in [0.5, 0.6) is 5.75 Å². The first-order chi connectivity index (χ1) is 9.69. The first kappa shape index (κ1) is 12.4. The summed E-state index contributed by atoms with van der Waals surface area (Å²) in [5, 5.41) is 0.528. The normalized spacial score (nSPS) is 10.7. The van der Waals surface area contributed by atoms with Crippen molar-refractivity contribution in [3.63, 3.8) is 0 Å². The molecule has 0 atom stereocenters. The summed E-state index contributed by atoms with van der Waals surface area (Å²) < 4.78 is 5.28. The third-order valence-electron chi connectivity index (χ3n) is 3.24. The van der Waals surface area contributed by atoms with E-state index in [0.29, 0.717) is 22.5 Å². The SMILES string of the molecule is COc1cccc2c(=O)[nH]c(-c3ccc(C)cc3)nc12. The molecule has 3 rings (SSSR count). The van der Waals surface area contributed by atoms with Crippen molar-refractivity contribution in [3.05, 3.63) is 58.4 Å². The van der Waals surface area contributed by atoms with Crippen molar-refractivity contribution in [1.82, 2.24) is 9.97 Å². The molecule has 1 N–H and O–H groups in total. The number of fused-ring (bicyclic) bond motifs is 1. The molecule has 4 heteroatoms. The lowest BCUT2D eigenvalue weighted by molar-refractivity contribution is 0.419. The van der Waals surface area contributed by atoms with Crippen LogP contribution in [0.25, 0.3) is 22.3 Å². The predicted octanol–water partition coefficient (Wildman–Crippen LogP) is 2.91. The van der Waals surface area contributed by atoms with Crippen LogP contribution in [-0.4, -0.2) is 17.1 Å². The van der Waals surface area contributed by atoms with E-state index in [1.165, 1.54) is 0 Å². The summed E-state index contributed by atoms with van der Waals surface area (Å²) in [6, 6.07) is 13.2. The number of H-pyrrole nitrogens is 1. The molecule has 0 aliphatic carbocycles. The Bertz CT molecular complexity index is 820. The van der Waals surface area contributed by atoms with Gasteiger partial charge in [-0.05, 0) is 19.1 Å². The number of aryl methyl sites for hydroxylation is 1. The van der Waals surface area contributed by atoms with Gasteiger partial charge in [-0.3, -0.25) is 4.79 Å². The Morgan fingerprint density at radius 1 is 1.10 bits per heavy atom. The summed E-state index contributed by atoms with van der Waals surface area (Å²) in [6.45, 7) is 2.02. The van der Waals surface area contributed by atoms with Gasteiger partial charge in [0.1, 0.15) is 17.1 Å². The second kappa shape index (κ2) is 4.81. The van der Waals surface area contributed by atoms with Crippen LogP contribution in [0, 0.1) is 6.92 Å². The first-order valence-corrected chi connectivity index (χ1v) is 6.33. The van der Waals surface area contributed by atoms with Crippen LogP contribution in [0.2, 0.25) is 0 Å². The minimum absolute atomic E-state index is 0.163. The summed E-state index contributed by atoms with van der Waals surface area (Å²) in [5.74, 6) is 1.15. The Labute approximate surface area is 116 Å². The number of methoxy groups -OCH3 is 1. The minimum atomic E-state index is -0.163. The standard InChI is InChI=1S/C16H14N2O2/c1-10-6-8-11(9-7-10)15-17-14-12(16(19)18-15)4-3-5-13(14)20-2/h3-9H,1-2H3,(H,17,18,19). The molecule has 0 saturated heterocycles. The Hall–Kier alpha value is -2.62. The van der Waals surface area contributed by atoms with Crippen LogP contribution < -0.4 is 10.3 Å². The van der Waals surface area contributed by atoms with E-state index in [9.17, 15) is 4.79 Å². The number of nitrogens with zero attached hydrogens (tertiary/aromatic N) is 1. The second-order valence-corrected chi connectivity index (χ2v) is 4.64. The number of ether oxygens (including phenoxy) is 1. The molecule has 2 aromatic carbocycles. The number of aromatic nitrogens is 2. The van der Waals surface area contributed by atoms with Gasteiger partial charge >= 0.3 is 0 Å². The van der Waals surface area contributed by atoms with E-state index >= 15 is 0 Å². The molecule has 20 heavy (non-hydrogen) atoms. The van der Waals surface area contributed by atoms with E-state index in [1.54, 1.807) is 25.3 Å². The second-order valence-electron chi connectivity index (χ2n) is 4.64. The number of benzene rings is 2. The number of para-hydroxylation sites is 1. The van der Waals surface area contributed by atoms with Crippen molar-refractivity contribution < 1.29 is 4.74 Å². The third kappa shape index (κ3) is 2.05. The van der Waals surface area contributed by atoms with Crippen LogP contribution in [0.4, 0.5) is 0 Å². The maximum atomic E-state index is 12.2. The van der Waals surface area contributed by atoms with Gasteiger partial charge in [0.25, 0.3) is 5.56 Å². The Morgan fingerprint density at radius 2 is 1.85 bits per heavy atom. The fourth-order valence-electron chi connectivity index (χ4n) is 2.15. The van der Waals surface area contributed by atoms with Gasteiger partial charge in [0, 0.05) is 5.56 Å². The molecule has 0 spiro atoms. The predicted molar refractivity (Wildman–Crippen MR) is 79.1 cm³/mol. The molecule has 0 aliphatic rings. The zero-order valence-corrected chi connectivity index (χ0v) is 11.3. The average molecular weight is 266 g/mol. The number of aromatic amines is 1. The number of rotatable bonds is 2. The van der Waals surface area contributed by atoms with E-state index in [1.807, 2.05) is 31.2 Å². The highest BCUT2D eigenvalue weighted by molar-refractivity contribution is 5.85. The smallest absolute Gasteiger partial charge is 0.259 e. The average Bonchev–Trinajstić information content (AvgIpc) is 2.47. The zero-order valence-electron chi connectivity index (χ0n) is 11.3. The number of nitrogens with one attached hydrogen (secondary N) is 1. The highest BCUT2D eigenvalue weighted by Crippen LogP contribution is 2.23. The summed E-state index contributed by atoms with van der Waals surface area (Å²) in [7, 11) is 1.57. The fraction of sp³-hybridized carbons (Fsp3) is 0.125. The number of hydrogen-bond donors (Lipinski definition) is 1. The Morgan fingerprint density at radius 3 is 2.55 bits per heavy atom. The molecule has 0 unspecified atom stereocenters. The highest BCUT2D eigenvalue weighted by Gasteiger charge is 2.09. The molecule has 0 fully saturated rings.